The van der Waals surface area contributed by atoms with Crippen LogP contribution >= 0.6 is 0 Å². The molecule has 1 aromatic rings. The molecule has 1 amide bonds. The number of amides is 1. The quantitative estimate of drug-likeness (QED) is 0.835. The Balaban J connectivity index is 1.79. The molecule has 26 heavy (non-hydrogen) atoms. The molecule has 1 aromatic carbocycles. The van der Waals surface area contributed by atoms with Crippen molar-refractivity contribution in [1.82, 2.24) is 4.90 Å². The molecular weight excluding hydrogens is 332 g/mol. The van der Waals surface area contributed by atoms with Crippen LogP contribution in [0.3, 0.4) is 0 Å². The summed E-state index contributed by atoms with van der Waals surface area (Å²) in [5.74, 6) is -0.249. The van der Waals surface area contributed by atoms with Gasteiger partial charge in [0.05, 0.1) is 0 Å². The van der Waals surface area contributed by atoms with E-state index in [1.165, 1.54) is 0 Å². The second-order valence-electron chi connectivity index (χ2n) is 8.25. The summed E-state index contributed by atoms with van der Waals surface area (Å²) >= 11 is 0. The topological polar surface area (TPSA) is 81.9 Å². The van der Waals surface area contributed by atoms with E-state index >= 15 is 0 Å². The van der Waals surface area contributed by atoms with Crippen molar-refractivity contribution >= 4 is 12.1 Å². The molecule has 0 radical (unpaired) electrons. The second-order valence-corrected chi connectivity index (χ2v) is 8.25. The summed E-state index contributed by atoms with van der Waals surface area (Å²) < 4.78 is 11.2. The predicted octanol–water partition coefficient (Wildman–Crippen LogP) is 2.85. The van der Waals surface area contributed by atoms with Gasteiger partial charge in [-0.3, -0.25) is 4.90 Å². The van der Waals surface area contributed by atoms with E-state index in [0.717, 1.165) is 12.0 Å². The number of nitrogens with zero attached hydrogens (tertiary/aromatic N) is 1. The number of carbonyl (C=O) groups is 2. The molecule has 2 aliphatic rings. The number of carbonyl (C=O) groups excluding carboxylic acids is 2. The zero-order valence-electron chi connectivity index (χ0n) is 15.7. The molecule has 6 nitrogen and oxygen atoms in total. The lowest BCUT2D eigenvalue weighted by atomic mass is 9.81. The predicted molar refractivity (Wildman–Crippen MR) is 97.2 cm³/mol. The highest BCUT2D eigenvalue weighted by atomic mass is 16.6. The third-order valence-electron chi connectivity index (χ3n) is 5.27. The molecule has 0 saturated carbocycles. The zero-order chi connectivity index (χ0) is 18.9. The molecule has 2 N–H and O–H groups in total. The molecule has 0 aliphatic carbocycles. The largest absolute Gasteiger partial charge is 0.458 e. The highest BCUT2D eigenvalue weighted by Crippen LogP contribution is 2.50. The van der Waals surface area contributed by atoms with Crippen LogP contribution in [-0.2, 0) is 20.9 Å². The lowest BCUT2D eigenvalue weighted by molar-refractivity contribution is -0.166. The molecule has 2 heterocycles. The third kappa shape index (κ3) is 3.43. The van der Waals surface area contributed by atoms with Gasteiger partial charge in [-0.1, -0.05) is 30.3 Å². The van der Waals surface area contributed by atoms with E-state index in [2.05, 4.69) is 0 Å². The standard InChI is InChI=1S/C20H28N2O4/c1-19(2,3)26-17(23)20-10-9-16(15(11-20)12-21)22(20)18(24)25-13-14-7-5-4-6-8-14/h4-8,15-16H,9-13,21H2,1-3H3/t15-,16+,20-/m0/s1. The molecule has 3 rings (SSSR count). The summed E-state index contributed by atoms with van der Waals surface area (Å²) in [6, 6.07) is 9.45. The number of hydrogen-bond donors (Lipinski definition) is 1. The Morgan fingerprint density at radius 1 is 1.27 bits per heavy atom. The van der Waals surface area contributed by atoms with Gasteiger partial charge in [0.25, 0.3) is 0 Å². The summed E-state index contributed by atoms with van der Waals surface area (Å²) in [7, 11) is 0. The number of nitrogens with two attached hydrogens (primary N) is 1. The van der Waals surface area contributed by atoms with Crippen molar-refractivity contribution in [1.29, 1.82) is 0 Å². The number of hydrogen-bond acceptors (Lipinski definition) is 5. The van der Waals surface area contributed by atoms with Crippen LogP contribution in [0.4, 0.5) is 4.79 Å². The van der Waals surface area contributed by atoms with Crippen LogP contribution < -0.4 is 5.73 Å². The summed E-state index contributed by atoms with van der Waals surface area (Å²) in [5, 5.41) is 0. The zero-order valence-corrected chi connectivity index (χ0v) is 15.7. The summed E-state index contributed by atoms with van der Waals surface area (Å²) in [5.41, 5.74) is 5.26. The second kappa shape index (κ2) is 6.91. The van der Waals surface area contributed by atoms with Gasteiger partial charge >= 0.3 is 12.1 Å². The highest BCUT2D eigenvalue weighted by Gasteiger charge is 2.64. The van der Waals surface area contributed by atoms with Crippen molar-refractivity contribution in [2.24, 2.45) is 11.7 Å². The highest BCUT2D eigenvalue weighted by molar-refractivity contribution is 5.88. The molecule has 2 fully saturated rings. The summed E-state index contributed by atoms with van der Waals surface area (Å²) in [4.78, 5) is 27.5. The molecule has 2 saturated heterocycles. The molecule has 0 spiro atoms. The monoisotopic (exact) mass is 360 g/mol. The van der Waals surface area contributed by atoms with Crippen LogP contribution in [0, 0.1) is 5.92 Å². The molecule has 0 aromatic heterocycles. The number of rotatable bonds is 4. The van der Waals surface area contributed by atoms with E-state index in [0.29, 0.717) is 19.4 Å². The minimum atomic E-state index is -0.949. The fourth-order valence-electron chi connectivity index (χ4n) is 4.17. The van der Waals surface area contributed by atoms with E-state index in [4.69, 9.17) is 15.2 Å². The molecular formula is C20H28N2O4. The maximum Gasteiger partial charge on any atom is 0.411 e. The Bertz CT molecular complexity index is 670. The van der Waals surface area contributed by atoms with Crippen molar-refractivity contribution in [2.45, 2.75) is 63.8 Å². The van der Waals surface area contributed by atoms with E-state index in [1.54, 1.807) is 4.90 Å². The van der Waals surface area contributed by atoms with E-state index in [-0.39, 0.29) is 24.5 Å². The van der Waals surface area contributed by atoms with Crippen LogP contribution in [-0.4, -0.2) is 40.7 Å². The first-order valence-electron chi connectivity index (χ1n) is 9.20. The molecule has 3 atom stereocenters. The SMILES string of the molecule is CC(C)(C)OC(=O)[C@]12CC[C@H]([C@H](CN)C1)N2C(=O)OCc1ccccc1. The minimum Gasteiger partial charge on any atom is -0.458 e. The average Bonchev–Trinajstić information content (AvgIpc) is 3.13. The van der Waals surface area contributed by atoms with E-state index in [1.807, 2.05) is 51.1 Å². The molecule has 6 heteroatoms. The summed E-state index contributed by atoms with van der Waals surface area (Å²) in [6.07, 6.45) is 1.44. The van der Waals surface area contributed by atoms with Crippen LogP contribution in [0.25, 0.3) is 0 Å². The number of esters is 1. The van der Waals surface area contributed by atoms with Gasteiger partial charge in [0.2, 0.25) is 0 Å². The Morgan fingerprint density at radius 3 is 2.58 bits per heavy atom. The fourth-order valence-corrected chi connectivity index (χ4v) is 4.17. The molecule has 0 unspecified atom stereocenters. The first kappa shape index (κ1) is 18.7. The van der Waals surface area contributed by atoms with Crippen LogP contribution in [0.15, 0.2) is 30.3 Å². The van der Waals surface area contributed by atoms with Gasteiger partial charge in [-0.25, -0.2) is 9.59 Å². The van der Waals surface area contributed by atoms with Crippen LogP contribution in [0.2, 0.25) is 0 Å². The van der Waals surface area contributed by atoms with Crippen molar-refractivity contribution in [3.63, 3.8) is 0 Å². The number of fused-ring (bicyclic) bond motifs is 2. The molecule has 2 bridgehead atoms. The van der Waals surface area contributed by atoms with Crippen molar-refractivity contribution in [2.75, 3.05) is 6.54 Å². The van der Waals surface area contributed by atoms with E-state index in [9.17, 15) is 9.59 Å². The molecule has 142 valence electrons. The first-order valence-corrected chi connectivity index (χ1v) is 9.20. The smallest absolute Gasteiger partial charge is 0.411 e. The number of benzene rings is 1. The van der Waals surface area contributed by atoms with Crippen molar-refractivity contribution in [3.05, 3.63) is 35.9 Å². The third-order valence-corrected chi connectivity index (χ3v) is 5.27. The van der Waals surface area contributed by atoms with Gasteiger partial charge in [-0.05, 0) is 58.1 Å². The van der Waals surface area contributed by atoms with E-state index < -0.39 is 17.2 Å². The minimum absolute atomic E-state index is 0.0595. The van der Waals surface area contributed by atoms with Gasteiger partial charge < -0.3 is 15.2 Å². The van der Waals surface area contributed by atoms with Gasteiger partial charge in [0, 0.05) is 6.04 Å². The maximum absolute atomic E-state index is 13.0. The fraction of sp³-hybridized carbons (Fsp3) is 0.600. The van der Waals surface area contributed by atoms with Crippen LogP contribution in [0.5, 0.6) is 0 Å². The maximum atomic E-state index is 13.0. The Morgan fingerprint density at radius 2 is 1.96 bits per heavy atom. The van der Waals surface area contributed by atoms with Gasteiger partial charge in [-0.15, -0.1) is 0 Å². The Hall–Kier alpha value is -2.08. The number of ether oxygens (including phenoxy) is 2. The normalized spacial score (nSPS) is 27.5. The van der Waals surface area contributed by atoms with Gasteiger partial charge in [-0.2, -0.15) is 0 Å². The Kier molecular flexibility index (Phi) is 4.97. The first-order chi connectivity index (χ1) is 12.3. The van der Waals surface area contributed by atoms with Crippen molar-refractivity contribution in [3.8, 4) is 0 Å². The van der Waals surface area contributed by atoms with Gasteiger partial charge in [0.1, 0.15) is 17.7 Å². The lowest BCUT2D eigenvalue weighted by Crippen LogP contribution is -2.53. The van der Waals surface area contributed by atoms with Crippen molar-refractivity contribution < 1.29 is 19.1 Å². The van der Waals surface area contributed by atoms with Crippen LogP contribution in [0.1, 0.15) is 45.6 Å². The lowest BCUT2D eigenvalue weighted by Gasteiger charge is -2.34. The average molecular weight is 360 g/mol. The summed E-state index contributed by atoms with van der Waals surface area (Å²) in [6.45, 7) is 6.13. The van der Waals surface area contributed by atoms with Gasteiger partial charge in [0.15, 0.2) is 0 Å². The Labute approximate surface area is 154 Å². The molecule has 2 aliphatic heterocycles.